The molecule has 2 aromatic carbocycles. The van der Waals surface area contributed by atoms with Gasteiger partial charge in [0.15, 0.2) is 15.8 Å². The highest BCUT2D eigenvalue weighted by Crippen LogP contribution is 2.22. The lowest BCUT2D eigenvalue weighted by atomic mass is 10.2. The van der Waals surface area contributed by atoms with Gasteiger partial charge in [0.2, 0.25) is 9.84 Å². The lowest BCUT2D eigenvalue weighted by Gasteiger charge is -2.10. The van der Waals surface area contributed by atoms with Gasteiger partial charge in [0, 0.05) is 6.26 Å². The van der Waals surface area contributed by atoms with E-state index in [4.69, 9.17) is 4.74 Å². The Labute approximate surface area is 136 Å². The van der Waals surface area contributed by atoms with Gasteiger partial charge in [-0.15, -0.1) is 0 Å². The Kier molecular flexibility index (Phi) is 5.23. The highest BCUT2D eigenvalue weighted by atomic mass is 32.2. The molecule has 0 amide bonds. The van der Waals surface area contributed by atoms with Gasteiger partial charge in [0.05, 0.1) is 16.4 Å². The monoisotopic (exact) mass is 354 g/mol. The normalized spacial score (nSPS) is 12.3. The molecule has 0 fully saturated rings. The third kappa shape index (κ3) is 4.63. The minimum Gasteiger partial charge on any atom is -0.360 e. The molecule has 0 aliphatic carbocycles. The predicted octanol–water partition coefficient (Wildman–Crippen LogP) is 2.35. The van der Waals surface area contributed by atoms with Crippen molar-refractivity contribution >= 4 is 19.7 Å². The van der Waals surface area contributed by atoms with E-state index in [2.05, 4.69) is 0 Å². The molecular formula is C16H18O5S2. The van der Waals surface area contributed by atoms with Crippen LogP contribution in [0, 0.1) is 6.92 Å². The third-order valence-electron chi connectivity index (χ3n) is 3.21. The third-order valence-corrected chi connectivity index (χ3v) is 6.00. The fourth-order valence-electron chi connectivity index (χ4n) is 2.03. The number of rotatable bonds is 6. The molecule has 5 nitrogen and oxygen atoms in total. The summed E-state index contributed by atoms with van der Waals surface area (Å²) in [5.74, 6) is -0.576. The summed E-state index contributed by atoms with van der Waals surface area (Å²) in [6.07, 6.45) is 0.981. The van der Waals surface area contributed by atoms with Crippen molar-refractivity contribution < 1.29 is 21.6 Å². The summed E-state index contributed by atoms with van der Waals surface area (Å²) in [6.45, 7) is 2.10. The van der Waals surface area contributed by atoms with E-state index in [0.29, 0.717) is 0 Å². The van der Waals surface area contributed by atoms with Gasteiger partial charge in [-0.25, -0.2) is 16.8 Å². The van der Waals surface area contributed by atoms with Crippen LogP contribution >= 0.6 is 0 Å². The number of benzene rings is 2. The van der Waals surface area contributed by atoms with Crippen LogP contribution in [0.5, 0.6) is 0 Å². The SMILES string of the molecule is Cc1ccc(COCS(=O)(=O)c2ccccc2S(C)(=O)=O)cc1. The van der Waals surface area contributed by atoms with Crippen LogP contribution in [0.3, 0.4) is 0 Å². The van der Waals surface area contributed by atoms with Crippen LogP contribution < -0.4 is 0 Å². The Morgan fingerprint density at radius 3 is 2.00 bits per heavy atom. The van der Waals surface area contributed by atoms with Crippen LogP contribution in [0.15, 0.2) is 58.3 Å². The maximum atomic E-state index is 12.4. The zero-order chi connectivity index (χ0) is 17.1. The first-order chi connectivity index (χ1) is 10.7. The van der Waals surface area contributed by atoms with Gasteiger partial charge < -0.3 is 4.74 Å². The Bertz CT molecular complexity index is 882. The Morgan fingerprint density at radius 2 is 1.43 bits per heavy atom. The first-order valence-electron chi connectivity index (χ1n) is 6.85. The van der Waals surface area contributed by atoms with E-state index in [-0.39, 0.29) is 16.4 Å². The van der Waals surface area contributed by atoms with Gasteiger partial charge in [0.25, 0.3) is 0 Å². The molecule has 0 aliphatic heterocycles. The van der Waals surface area contributed by atoms with Crippen molar-refractivity contribution in [1.29, 1.82) is 0 Å². The van der Waals surface area contributed by atoms with Crippen LogP contribution in [0.25, 0.3) is 0 Å². The fraction of sp³-hybridized carbons (Fsp3) is 0.250. The topological polar surface area (TPSA) is 77.5 Å². The van der Waals surface area contributed by atoms with Crippen LogP contribution in [0.2, 0.25) is 0 Å². The smallest absolute Gasteiger partial charge is 0.203 e. The molecule has 7 heteroatoms. The molecule has 0 N–H and O–H groups in total. The van der Waals surface area contributed by atoms with E-state index in [1.807, 2.05) is 31.2 Å². The van der Waals surface area contributed by atoms with E-state index in [0.717, 1.165) is 17.4 Å². The summed E-state index contributed by atoms with van der Waals surface area (Å²) in [4.78, 5) is -0.439. The largest absolute Gasteiger partial charge is 0.360 e. The van der Waals surface area contributed by atoms with Crippen molar-refractivity contribution in [3.05, 3.63) is 59.7 Å². The average Bonchev–Trinajstić information content (AvgIpc) is 2.48. The number of hydrogen-bond acceptors (Lipinski definition) is 5. The van der Waals surface area contributed by atoms with Gasteiger partial charge in [-0.3, -0.25) is 0 Å². The van der Waals surface area contributed by atoms with Crippen molar-refractivity contribution in [1.82, 2.24) is 0 Å². The molecule has 2 aromatic rings. The molecule has 0 radical (unpaired) electrons. The fourth-order valence-corrected chi connectivity index (χ4v) is 4.71. The second-order valence-electron chi connectivity index (χ2n) is 5.29. The molecule has 0 aromatic heterocycles. The van der Waals surface area contributed by atoms with Gasteiger partial charge >= 0.3 is 0 Å². The first-order valence-corrected chi connectivity index (χ1v) is 10.4. The molecule has 0 saturated carbocycles. The Balaban J connectivity index is 2.15. The quantitative estimate of drug-likeness (QED) is 0.796. The predicted molar refractivity (Wildman–Crippen MR) is 87.6 cm³/mol. The summed E-state index contributed by atoms with van der Waals surface area (Å²) in [6, 6.07) is 13.1. The van der Waals surface area contributed by atoms with Gasteiger partial charge in [-0.05, 0) is 24.6 Å². The van der Waals surface area contributed by atoms with E-state index < -0.39 is 25.6 Å². The standard InChI is InChI=1S/C16H18O5S2/c1-13-7-9-14(10-8-13)11-21-12-23(19,20)16-6-4-3-5-15(16)22(2,17)18/h3-10H,11-12H2,1-2H3. The summed E-state index contributed by atoms with van der Waals surface area (Å²) in [5.41, 5.74) is 1.95. The van der Waals surface area contributed by atoms with Gasteiger partial charge in [-0.1, -0.05) is 42.0 Å². The minimum absolute atomic E-state index is 0.139. The van der Waals surface area contributed by atoms with Crippen molar-refractivity contribution in [2.24, 2.45) is 0 Å². The second-order valence-corrected chi connectivity index (χ2v) is 9.17. The van der Waals surface area contributed by atoms with Crippen LogP contribution in [0.4, 0.5) is 0 Å². The van der Waals surface area contributed by atoms with Crippen molar-refractivity contribution in [2.75, 3.05) is 12.2 Å². The molecule has 0 bridgehead atoms. The molecule has 0 aliphatic rings. The van der Waals surface area contributed by atoms with Gasteiger partial charge in [0.1, 0.15) is 0 Å². The summed E-state index contributed by atoms with van der Waals surface area (Å²) < 4.78 is 53.4. The Hall–Kier alpha value is -1.70. The lowest BCUT2D eigenvalue weighted by molar-refractivity contribution is 0.163. The van der Waals surface area contributed by atoms with E-state index in [9.17, 15) is 16.8 Å². The van der Waals surface area contributed by atoms with Crippen LogP contribution in [-0.2, 0) is 31.0 Å². The number of sulfone groups is 2. The van der Waals surface area contributed by atoms with Crippen LogP contribution in [0.1, 0.15) is 11.1 Å². The van der Waals surface area contributed by atoms with E-state index >= 15 is 0 Å². The molecule has 124 valence electrons. The van der Waals surface area contributed by atoms with Crippen molar-refractivity contribution in [3.63, 3.8) is 0 Å². The summed E-state index contributed by atoms with van der Waals surface area (Å²) >= 11 is 0. The van der Waals surface area contributed by atoms with E-state index in [1.165, 1.54) is 24.3 Å². The summed E-state index contributed by atoms with van der Waals surface area (Å²) in [7, 11) is -7.49. The number of hydrogen-bond donors (Lipinski definition) is 0. The van der Waals surface area contributed by atoms with Crippen molar-refractivity contribution in [3.8, 4) is 0 Å². The first kappa shape index (κ1) is 17.7. The average molecular weight is 354 g/mol. The second kappa shape index (κ2) is 6.82. The number of ether oxygens (including phenoxy) is 1. The molecule has 0 spiro atoms. The molecular weight excluding hydrogens is 336 g/mol. The highest BCUT2D eigenvalue weighted by molar-refractivity contribution is 7.94. The zero-order valence-electron chi connectivity index (χ0n) is 12.9. The molecule has 0 atom stereocenters. The minimum atomic E-state index is -3.85. The molecule has 23 heavy (non-hydrogen) atoms. The molecule has 0 heterocycles. The zero-order valence-corrected chi connectivity index (χ0v) is 14.5. The maximum Gasteiger partial charge on any atom is 0.203 e. The molecule has 0 unspecified atom stereocenters. The van der Waals surface area contributed by atoms with Crippen molar-refractivity contribution in [2.45, 2.75) is 23.3 Å². The number of aryl methyl sites for hydroxylation is 1. The Morgan fingerprint density at radius 1 is 0.870 bits per heavy atom. The maximum absolute atomic E-state index is 12.4. The summed E-state index contributed by atoms with van der Waals surface area (Å²) in [5, 5.41) is 0. The highest BCUT2D eigenvalue weighted by Gasteiger charge is 2.23. The van der Waals surface area contributed by atoms with E-state index in [1.54, 1.807) is 0 Å². The lowest BCUT2D eigenvalue weighted by Crippen LogP contribution is -2.14. The van der Waals surface area contributed by atoms with Gasteiger partial charge in [-0.2, -0.15) is 0 Å². The molecule has 0 saturated heterocycles. The molecule has 2 rings (SSSR count). The van der Waals surface area contributed by atoms with Crippen LogP contribution in [-0.4, -0.2) is 29.0 Å².